The summed E-state index contributed by atoms with van der Waals surface area (Å²) in [6.07, 6.45) is 7.63. The molecule has 7 atom stereocenters. The van der Waals surface area contributed by atoms with Gasteiger partial charge in [-0.25, -0.2) is 8.78 Å². The van der Waals surface area contributed by atoms with Gasteiger partial charge in [0.25, 0.3) is 0 Å². The van der Waals surface area contributed by atoms with Gasteiger partial charge in [-0.1, -0.05) is 6.08 Å². The van der Waals surface area contributed by atoms with Crippen LogP contribution in [0.15, 0.2) is 12.3 Å². The molecule has 1 saturated heterocycles. The molecular weight excluding hydrogens is 260 g/mol. The van der Waals surface area contributed by atoms with Gasteiger partial charge in [-0.15, -0.1) is 0 Å². The van der Waals surface area contributed by atoms with E-state index in [9.17, 15) is 8.78 Å². The first-order chi connectivity index (χ1) is 9.72. The fraction of sp³-hybridized carbons (Fsp3) is 0.875. The Kier molecular flexibility index (Phi) is 3.24. The maximum atomic E-state index is 14.2. The first kappa shape index (κ1) is 13.1. The summed E-state index contributed by atoms with van der Waals surface area (Å²) in [4.78, 5) is 2.16. The molecule has 3 fully saturated rings. The number of hydrogen-bond acceptors (Lipinski definition) is 2. The Labute approximate surface area is 119 Å². The molecule has 0 N–H and O–H groups in total. The summed E-state index contributed by atoms with van der Waals surface area (Å²) in [5.74, 6) is 1.17. The minimum absolute atomic E-state index is 0.246. The van der Waals surface area contributed by atoms with E-state index in [1.807, 2.05) is 0 Å². The molecule has 4 aliphatic rings. The van der Waals surface area contributed by atoms with Gasteiger partial charge in [0.2, 0.25) is 0 Å². The van der Waals surface area contributed by atoms with Crippen molar-refractivity contribution in [2.45, 2.75) is 69.1 Å². The zero-order chi connectivity index (χ0) is 13.7. The quantitative estimate of drug-likeness (QED) is 0.723. The van der Waals surface area contributed by atoms with Crippen molar-refractivity contribution in [3.05, 3.63) is 12.3 Å². The molecule has 2 aliphatic heterocycles. The number of hydrogen-bond donors (Lipinski definition) is 0. The van der Waals surface area contributed by atoms with Crippen molar-refractivity contribution < 1.29 is 13.5 Å². The highest BCUT2D eigenvalue weighted by Crippen LogP contribution is 2.44. The largest absolute Gasteiger partial charge is 0.373 e. The van der Waals surface area contributed by atoms with Crippen LogP contribution in [0.1, 0.15) is 38.5 Å². The third kappa shape index (κ3) is 2.26. The summed E-state index contributed by atoms with van der Waals surface area (Å²) in [5.41, 5.74) is 0. The second-order valence-corrected chi connectivity index (χ2v) is 6.96. The lowest BCUT2D eigenvalue weighted by atomic mass is 9.77. The van der Waals surface area contributed by atoms with Gasteiger partial charge in [-0.05, 0) is 50.1 Å². The monoisotopic (exact) mass is 283 g/mol. The van der Waals surface area contributed by atoms with Gasteiger partial charge in [0.15, 0.2) is 0 Å². The summed E-state index contributed by atoms with van der Waals surface area (Å²) in [5, 5.41) is 0. The molecule has 0 aromatic heterocycles. The Morgan fingerprint density at radius 3 is 2.65 bits per heavy atom. The third-order valence-electron chi connectivity index (χ3n) is 5.74. The van der Waals surface area contributed by atoms with E-state index in [1.165, 1.54) is 12.8 Å². The fourth-order valence-electron chi connectivity index (χ4n) is 4.48. The second kappa shape index (κ2) is 4.97. The van der Waals surface area contributed by atoms with Crippen LogP contribution < -0.4 is 0 Å². The number of nitrogens with zero attached hydrogens (tertiary/aromatic N) is 1. The average Bonchev–Trinajstić information content (AvgIpc) is 3.22. The van der Waals surface area contributed by atoms with E-state index in [-0.39, 0.29) is 6.04 Å². The van der Waals surface area contributed by atoms with Crippen molar-refractivity contribution in [2.24, 2.45) is 11.8 Å². The van der Waals surface area contributed by atoms with Gasteiger partial charge in [0.05, 0.1) is 18.8 Å². The van der Waals surface area contributed by atoms with Gasteiger partial charge in [0, 0.05) is 12.5 Å². The molecule has 0 radical (unpaired) electrons. The highest BCUT2D eigenvalue weighted by Gasteiger charge is 2.45. The van der Waals surface area contributed by atoms with Gasteiger partial charge in [0.1, 0.15) is 12.3 Å². The van der Waals surface area contributed by atoms with Crippen molar-refractivity contribution in [1.29, 1.82) is 0 Å². The Balaban J connectivity index is 1.48. The number of alkyl halides is 2. The first-order valence-corrected chi connectivity index (χ1v) is 8.08. The summed E-state index contributed by atoms with van der Waals surface area (Å²) < 4.78 is 33.3. The SMILES string of the molecule is FC1CCC(F)C(N2C=CC3CCC(C4CO4)CC32)C1. The summed E-state index contributed by atoms with van der Waals surface area (Å²) in [6, 6.07) is 0.135. The molecule has 0 aromatic carbocycles. The molecule has 112 valence electrons. The molecule has 2 nitrogen and oxygen atoms in total. The molecule has 20 heavy (non-hydrogen) atoms. The van der Waals surface area contributed by atoms with Crippen molar-refractivity contribution in [2.75, 3.05) is 6.61 Å². The zero-order valence-electron chi connectivity index (χ0n) is 11.8. The van der Waals surface area contributed by atoms with E-state index in [1.54, 1.807) is 0 Å². The number of ether oxygens (including phenoxy) is 1. The van der Waals surface area contributed by atoms with E-state index >= 15 is 0 Å². The van der Waals surface area contributed by atoms with Gasteiger partial charge < -0.3 is 9.64 Å². The van der Waals surface area contributed by atoms with Crippen molar-refractivity contribution in [3.63, 3.8) is 0 Å². The van der Waals surface area contributed by atoms with E-state index in [4.69, 9.17) is 4.74 Å². The minimum Gasteiger partial charge on any atom is -0.373 e. The van der Waals surface area contributed by atoms with Crippen molar-refractivity contribution in [3.8, 4) is 0 Å². The van der Waals surface area contributed by atoms with Crippen LogP contribution >= 0.6 is 0 Å². The Morgan fingerprint density at radius 2 is 1.85 bits per heavy atom. The Hall–Kier alpha value is -0.640. The second-order valence-electron chi connectivity index (χ2n) is 6.96. The number of epoxide rings is 1. The maximum Gasteiger partial charge on any atom is 0.121 e. The molecule has 2 saturated carbocycles. The van der Waals surface area contributed by atoms with Crippen LogP contribution in [0.25, 0.3) is 0 Å². The molecule has 7 unspecified atom stereocenters. The number of fused-ring (bicyclic) bond motifs is 1. The van der Waals surface area contributed by atoms with E-state index in [2.05, 4.69) is 17.2 Å². The van der Waals surface area contributed by atoms with Crippen molar-refractivity contribution in [1.82, 2.24) is 4.90 Å². The number of halogens is 2. The molecule has 0 aromatic rings. The molecular formula is C16H23F2NO. The maximum absolute atomic E-state index is 14.2. The van der Waals surface area contributed by atoms with Crippen molar-refractivity contribution >= 4 is 0 Å². The first-order valence-electron chi connectivity index (χ1n) is 8.08. The molecule has 0 amide bonds. The van der Waals surface area contributed by atoms with Gasteiger partial charge >= 0.3 is 0 Å². The van der Waals surface area contributed by atoms with Gasteiger partial charge in [-0.2, -0.15) is 0 Å². The lowest BCUT2D eigenvalue weighted by Crippen LogP contribution is -2.49. The lowest BCUT2D eigenvalue weighted by molar-refractivity contribution is 0.0275. The molecule has 2 aliphatic carbocycles. The standard InChI is InChI=1S/C16H23F2NO/c17-12-3-4-13(18)15(8-12)19-6-5-10-1-2-11(7-14(10)19)16-9-20-16/h5-6,10-16H,1-4,7-9H2. The van der Waals surface area contributed by atoms with Crippen LogP contribution in [0.2, 0.25) is 0 Å². The third-order valence-corrected chi connectivity index (χ3v) is 5.74. The normalized spacial score (nSPS) is 51.1. The predicted molar refractivity (Wildman–Crippen MR) is 72.8 cm³/mol. The smallest absolute Gasteiger partial charge is 0.121 e. The molecule has 0 spiro atoms. The van der Waals surface area contributed by atoms with Gasteiger partial charge in [-0.3, -0.25) is 0 Å². The van der Waals surface area contributed by atoms with Crippen LogP contribution in [0, 0.1) is 11.8 Å². The summed E-state index contributed by atoms with van der Waals surface area (Å²) in [6.45, 7) is 0.900. The van der Waals surface area contributed by atoms with Crippen LogP contribution in [-0.4, -0.2) is 42.0 Å². The molecule has 4 rings (SSSR count). The van der Waals surface area contributed by atoms with Crippen LogP contribution in [0.5, 0.6) is 0 Å². The average molecular weight is 283 g/mol. The molecule has 2 heterocycles. The highest BCUT2D eigenvalue weighted by atomic mass is 19.1. The summed E-state index contributed by atoms with van der Waals surface area (Å²) >= 11 is 0. The highest BCUT2D eigenvalue weighted by molar-refractivity contribution is 5.11. The zero-order valence-corrected chi connectivity index (χ0v) is 11.8. The van der Waals surface area contributed by atoms with E-state index in [0.717, 1.165) is 13.0 Å². The number of rotatable bonds is 2. The Bertz CT molecular complexity index is 398. The van der Waals surface area contributed by atoms with Crippen LogP contribution in [0.4, 0.5) is 8.78 Å². The van der Waals surface area contributed by atoms with E-state index < -0.39 is 12.3 Å². The Morgan fingerprint density at radius 1 is 1.00 bits per heavy atom. The molecule has 0 bridgehead atoms. The van der Waals surface area contributed by atoms with Crippen LogP contribution in [0.3, 0.4) is 0 Å². The van der Waals surface area contributed by atoms with Crippen LogP contribution in [-0.2, 0) is 4.74 Å². The molecule has 4 heteroatoms. The van der Waals surface area contributed by atoms with E-state index in [0.29, 0.717) is 43.2 Å². The topological polar surface area (TPSA) is 15.8 Å². The fourth-order valence-corrected chi connectivity index (χ4v) is 4.48. The summed E-state index contributed by atoms with van der Waals surface area (Å²) in [7, 11) is 0. The minimum atomic E-state index is -0.872. The lowest BCUT2D eigenvalue weighted by Gasteiger charge is -2.43. The predicted octanol–water partition coefficient (Wildman–Crippen LogP) is 3.23.